The van der Waals surface area contributed by atoms with Gasteiger partial charge in [-0.05, 0) is 50.3 Å². The minimum absolute atomic E-state index is 0. The van der Waals surface area contributed by atoms with Crippen molar-refractivity contribution >= 4 is 18.3 Å². The molecule has 1 unspecified atom stereocenters. The second kappa shape index (κ2) is 9.86. The summed E-state index contributed by atoms with van der Waals surface area (Å²) in [5.74, 6) is 1.41. The lowest BCUT2D eigenvalue weighted by Gasteiger charge is -2.33. The molecule has 0 radical (unpaired) electrons. The highest BCUT2D eigenvalue weighted by molar-refractivity contribution is 5.85. The number of hydrogen-bond acceptors (Lipinski definition) is 2. The van der Waals surface area contributed by atoms with Crippen LogP contribution in [0.2, 0.25) is 0 Å². The molecule has 1 fully saturated rings. The number of amides is 1. The molecule has 0 spiro atoms. The number of halogens is 1. The molecule has 1 heterocycles. The average Bonchev–Trinajstić information content (AvgIpc) is 2.54. The summed E-state index contributed by atoms with van der Waals surface area (Å²) in [7, 11) is 2.00. The molecule has 3 nitrogen and oxygen atoms in total. The SMILES string of the molecule is CCC(CC(=O)N1CCC(CNC)CC1)c1ccccc1.Cl. The molecule has 0 saturated carbocycles. The summed E-state index contributed by atoms with van der Waals surface area (Å²) in [5, 5.41) is 3.24. The van der Waals surface area contributed by atoms with Crippen LogP contribution in [-0.2, 0) is 4.79 Å². The maximum absolute atomic E-state index is 12.5. The van der Waals surface area contributed by atoms with Gasteiger partial charge in [0, 0.05) is 19.5 Å². The van der Waals surface area contributed by atoms with E-state index in [1.165, 1.54) is 5.56 Å². The Morgan fingerprint density at radius 3 is 2.45 bits per heavy atom. The Labute approximate surface area is 140 Å². The van der Waals surface area contributed by atoms with Gasteiger partial charge in [-0.3, -0.25) is 4.79 Å². The van der Waals surface area contributed by atoms with E-state index in [1.807, 2.05) is 13.1 Å². The molecule has 1 aliphatic heterocycles. The Morgan fingerprint density at radius 1 is 1.27 bits per heavy atom. The van der Waals surface area contributed by atoms with E-state index < -0.39 is 0 Å². The molecule has 1 atom stereocenters. The highest BCUT2D eigenvalue weighted by Gasteiger charge is 2.24. The van der Waals surface area contributed by atoms with Gasteiger partial charge in [0.05, 0.1) is 0 Å². The molecule has 1 aliphatic rings. The van der Waals surface area contributed by atoms with E-state index in [0.717, 1.165) is 44.8 Å². The molecule has 1 amide bonds. The number of piperidine rings is 1. The van der Waals surface area contributed by atoms with Crippen LogP contribution in [0.4, 0.5) is 0 Å². The fourth-order valence-corrected chi connectivity index (χ4v) is 3.24. The number of carbonyl (C=O) groups is 1. The zero-order valence-corrected chi connectivity index (χ0v) is 14.6. The first-order chi connectivity index (χ1) is 10.2. The number of rotatable bonds is 6. The van der Waals surface area contributed by atoms with Crippen molar-refractivity contribution in [1.29, 1.82) is 0 Å². The van der Waals surface area contributed by atoms with Gasteiger partial charge in [-0.1, -0.05) is 37.3 Å². The van der Waals surface area contributed by atoms with Crippen molar-refractivity contribution in [3.8, 4) is 0 Å². The van der Waals surface area contributed by atoms with Crippen LogP contribution in [-0.4, -0.2) is 37.5 Å². The Kier molecular flexibility index (Phi) is 8.51. The number of likely N-dealkylation sites (tertiary alicyclic amines) is 1. The summed E-state index contributed by atoms with van der Waals surface area (Å²) < 4.78 is 0. The van der Waals surface area contributed by atoms with Crippen LogP contribution in [0.5, 0.6) is 0 Å². The monoisotopic (exact) mass is 324 g/mol. The molecule has 2 rings (SSSR count). The van der Waals surface area contributed by atoms with E-state index in [9.17, 15) is 4.79 Å². The van der Waals surface area contributed by atoms with E-state index >= 15 is 0 Å². The largest absolute Gasteiger partial charge is 0.343 e. The zero-order valence-electron chi connectivity index (χ0n) is 13.8. The molecule has 0 aromatic heterocycles. The predicted octanol–water partition coefficient (Wildman–Crippen LogP) is 3.45. The van der Waals surface area contributed by atoms with Crippen molar-refractivity contribution in [2.24, 2.45) is 5.92 Å². The Bertz CT molecular complexity index is 430. The van der Waals surface area contributed by atoms with Gasteiger partial charge in [0.1, 0.15) is 0 Å². The molecular weight excluding hydrogens is 296 g/mol. The van der Waals surface area contributed by atoms with E-state index in [0.29, 0.717) is 18.2 Å². The second-order valence-electron chi connectivity index (χ2n) is 6.10. The molecule has 4 heteroatoms. The molecule has 0 bridgehead atoms. The molecule has 22 heavy (non-hydrogen) atoms. The first-order valence-corrected chi connectivity index (χ1v) is 8.22. The summed E-state index contributed by atoms with van der Waals surface area (Å²) in [4.78, 5) is 14.6. The third-order valence-electron chi connectivity index (χ3n) is 4.64. The maximum atomic E-state index is 12.5. The van der Waals surface area contributed by atoms with Crippen LogP contribution in [0.3, 0.4) is 0 Å². The van der Waals surface area contributed by atoms with Crippen LogP contribution >= 0.6 is 12.4 Å². The minimum Gasteiger partial charge on any atom is -0.343 e. The van der Waals surface area contributed by atoms with Crippen LogP contribution < -0.4 is 5.32 Å². The van der Waals surface area contributed by atoms with Gasteiger partial charge in [0.25, 0.3) is 0 Å². The van der Waals surface area contributed by atoms with Crippen LogP contribution in [0, 0.1) is 5.92 Å². The summed E-state index contributed by atoms with van der Waals surface area (Å²) >= 11 is 0. The first kappa shape index (κ1) is 19.0. The summed E-state index contributed by atoms with van der Waals surface area (Å²) in [6.07, 6.45) is 3.94. The van der Waals surface area contributed by atoms with Gasteiger partial charge < -0.3 is 10.2 Å². The Morgan fingerprint density at radius 2 is 1.91 bits per heavy atom. The van der Waals surface area contributed by atoms with Gasteiger partial charge in [-0.2, -0.15) is 0 Å². The smallest absolute Gasteiger partial charge is 0.223 e. The molecule has 124 valence electrons. The quantitative estimate of drug-likeness (QED) is 0.869. The number of nitrogens with one attached hydrogen (secondary N) is 1. The predicted molar refractivity (Wildman–Crippen MR) is 94.6 cm³/mol. The van der Waals surface area contributed by atoms with Gasteiger partial charge in [0.15, 0.2) is 0 Å². The second-order valence-corrected chi connectivity index (χ2v) is 6.10. The molecule has 1 aromatic carbocycles. The molecule has 0 aliphatic carbocycles. The van der Waals surface area contributed by atoms with E-state index in [-0.39, 0.29) is 12.4 Å². The molecule has 1 aromatic rings. The van der Waals surface area contributed by atoms with Crippen molar-refractivity contribution in [3.63, 3.8) is 0 Å². The topological polar surface area (TPSA) is 32.3 Å². The Hall–Kier alpha value is -1.06. The standard InChI is InChI=1S/C18H28N2O.ClH/c1-3-16(17-7-5-4-6-8-17)13-18(21)20-11-9-15(10-12-20)14-19-2;/h4-8,15-16,19H,3,9-14H2,1-2H3;1H. The van der Waals surface area contributed by atoms with E-state index in [2.05, 4.69) is 41.4 Å². The van der Waals surface area contributed by atoms with Gasteiger partial charge >= 0.3 is 0 Å². The summed E-state index contributed by atoms with van der Waals surface area (Å²) in [5.41, 5.74) is 1.29. The highest BCUT2D eigenvalue weighted by atomic mass is 35.5. The van der Waals surface area contributed by atoms with Gasteiger partial charge in [-0.15, -0.1) is 12.4 Å². The maximum Gasteiger partial charge on any atom is 0.223 e. The summed E-state index contributed by atoms with van der Waals surface area (Å²) in [6.45, 7) is 5.10. The van der Waals surface area contributed by atoms with Crippen LogP contribution in [0.25, 0.3) is 0 Å². The lowest BCUT2D eigenvalue weighted by atomic mass is 9.91. The third kappa shape index (κ3) is 5.29. The number of benzene rings is 1. The highest BCUT2D eigenvalue weighted by Crippen LogP contribution is 2.25. The first-order valence-electron chi connectivity index (χ1n) is 8.22. The average molecular weight is 325 g/mol. The molecule has 1 N–H and O–H groups in total. The normalized spacial score (nSPS) is 16.9. The minimum atomic E-state index is 0. The molecular formula is C18H29ClN2O. The summed E-state index contributed by atoms with van der Waals surface area (Å²) in [6, 6.07) is 10.4. The van der Waals surface area contributed by atoms with Crippen molar-refractivity contribution in [1.82, 2.24) is 10.2 Å². The van der Waals surface area contributed by atoms with Crippen LogP contribution in [0.15, 0.2) is 30.3 Å². The lowest BCUT2D eigenvalue weighted by molar-refractivity contribution is -0.133. The fourth-order valence-electron chi connectivity index (χ4n) is 3.24. The van der Waals surface area contributed by atoms with E-state index in [4.69, 9.17) is 0 Å². The van der Waals surface area contributed by atoms with Gasteiger partial charge in [-0.25, -0.2) is 0 Å². The zero-order chi connectivity index (χ0) is 15.1. The molecule has 1 saturated heterocycles. The van der Waals surface area contributed by atoms with Crippen molar-refractivity contribution in [2.75, 3.05) is 26.7 Å². The lowest BCUT2D eigenvalue weighted by Crippen LogP contribution is -2.40. The van der Waals surface area contributed by atoms with Crippen molar-refractivity contribution in [3.05, 3.63) is 35.9 Å². The number of nitrogens with zero attached hydrogens (tertiary/aromatic N) is 1. The van der Waals surface area contributed by atoms with Gasteiger partial charge in [0.2, 0.25) is 5.91 Å². The Balaban J connectivity index is 0.00000242. The van der Waals surface area contributed by atoms with Crippen molar-refractivity contribution in [2.45, 2.75) is 38.5 Å². The number of hydrogen-bond donors (Lipinski definition) is 1. The fraction of sp³-hybridized carbons (Fsp3) is 0.611. The van der Waals surface area contributed by atoms with Crippen LogP contribution in [0.1, 0.15) is 44.1 Å². The van der Waals surface area contributed by atoms with E-state index in [1.54, 1.807) is 0 Å². The number of carbonyl (C=O) groups excluding carboxylic acids is 1. The van der Waals surface area contributed by atoms with Crippen molar-refractivity contribution < 1.29 is 4.79 Å². The third-order valence-corrected chi connectivity index (χ3v) is 4.64.